The van der Waals surface area contributed by atoms with E-state index in [0.29, 0.717) is 0 Å². The molecule has 7 nitrogen and oxygen atoms in total. The predicted molar refractivity (Wildman–Crippen MR) is 53.7 cm³/mol. The first-order chi connectivity index (χ1) is 13.6. The summed E-state index contributed by atoms with van der Waals surface area (Å²) in [6.07, 6.45) is -46.2. The van der Waals surface area contributed by atoms with E-state index >= 15 is 0 Å². The Labute approximate surface area is 161 Å². The molecule has 192 valence electrons. The van der Waals surface area contributed by atoms with Gasteiger partial charge in [-0.2, -0.15) is 31.1 Å². The van der Waals surface area contributed by atoms with Gasteiger partial charge in [-0.25, -0.2) is 23.4 Å². The molecule has 0 aromatic rings. The molecule has 0 aliphatic rings. The van der Waals surface area contributed by atoms with E-state index in [0.717, 1.165) is 0 Å². The first-order valence-electron chi connectivity index (χ1n) is 6.34. The normalized spacial score (nSPS) is 16.2. The van der Waals surface area contributed by atoms with Crippen LogP contribution in [-0.4, -0.2) is 60.8 Å². The van der Waals surface area contributed by atoms with E-state index in [1.54, 1.807) is 18.9 Å². The van der Waals surface area contributed by atoms with Crippen LogP contribution in [0.25, 0.3) is 0 Å². The predicted octanol–water partition coefficient (Wildman–Crippen LogP) is 4.44. The number of ether oxygens (including phenoxy) is 5. The standard InChI is InChI=1S/C9H2F16O7/c10-1(3(11,12)2(26)27)28-4(13,14)5(15,16)29-7(20,21)31-9(24,25)32-8(22,23)30-6(17,18)19/h1H,(H,26,27). The number of carboxylic acids is 1. The molecular weight excluding hydrogens is 524 g/mol. The first kappa shape index (κ1) is 30.1. The van der Waals surface area contributed by atoms with Crippen LogP contribution in [0.15, 0.2) is 0 Å². The van der Waals surface area contributed by atoms with Gasteiger partial charge in [-0.15, -0.1) is 39.5 Å². The first-order valence-corrected chi connectivity index (χ1v) is 6.34. The number of carboxylic acid groups (broad SMARTS) is 1. The number of carbonyl (C=O) groups is 1. The molecule has 1 atom stereocenters. The van der Waals surface area contributed by atoms with Crippen molar-refractivity contribution in [2.24, 2.45) is 0 Å². The summed E-state index contributed by atoms with van der Waals surface area (Å²) < 4.78 is 208. The average Bonchev–Trinajstić information content (AvgIpc) is 2.38. The van der Waals surface area contributed by atoms with Crippen LogP contribution in [0.3, 0.4) is 0 Å². The minimum absolute atomic E-state index is 1.58. The molecule has 0 radical (unpaired) electrons. The van der Waals surface area contributed by atoms with Crippen molar-refractivity contribution >= 4 is 5.97 Å². The Kier molecular flexibility index (Phi) is 8.32. The minimum atomic E-state index is -7.18. The van der Waals surface area contributed by atoms with Gasteiger partial charge in [0.1, 0.15) is 0 Å². The second kappa shape index (κ2) is 8.83. The van der Waals surface area contributed by atoms with Crippen molar-refractivity contribution in [2.45, 2.75) is 49.7 Å². The number of hydrogen-bond acceptors (Lipinski definition) is 6. The second-order valence-corrected chi connectivity index (χ2v) is 4.64. The van der Waals surface area contributed by atoms with E-state index in [1.165, 1.54) is 0 Å². The van der Waals surface area contributed by atoms with Gasteiger partial charge in [0.15, 0.2) is 0 Å². The molecule has 32 heavy (non-hydrogen) atoms. The molecule has 0 rings (SSSR count). The van der Waals surface area contributed by atoms with Crippen LogP contribution in [0.1, 0.15) is 0 Å². The second-order valence-electron chi connectivity index (χ2n) is 4.64. The molecule has 1 N–H and O–H groups in total. The topological polar surface area (TPSA) is 83.5 Å². The van der Waals surface area contributed by atoms with Crippen LogP contribution in [-0.2, 0) is 28.5 Å². The van der Waals surface area contributed by atoms with Crippen LogP contribution in [0.5, 0.6) is 0 Å². The maximum absolute atomic E-state index is 13.0. The summed E-state index contributed by atoms with van der Waals surface area (Å²) >= 11 is 0. The summed E-state index contributed by atoms with van der Waals surface area (Å²) in [6.45, 7) is 0. The third-order valence-corrected chi connectivity index (χ3v) is 2.12. The monoisotopic (exact) mass is 526 g/mol. The highest BCUT2D eigenvalue weighted by Crippen LogP contribution is 2.45. The summed E-state index contributed by atoms with van der Waals surface area (Å²) in [5, 5.41) is 7.78. The largest absolute Gasteiger partial charge is 0.529 e. The van der Waals surface area contributed by atoms with Crippen LogP contribution >= 0.6 is 0 Å². The fraction of sp³-hybridized carbons (Fsp3) is 0.889. The summed E-state index contributed by atoms with van der Waals surface area (Å²) in [5.74, 6) is -9.61. The van der Waals surface area contributed by atoms with Crippen molar-refractivity contribution in [3.8, 4) is 0 Å². The zero-order valence-electron chi connectivity index (χ0n) is 13.5. The Morgan fingerprint density at radius 3 is 1.28 bits per heavy atom. The zero-order valence-corrected chi connectivity index (χ0v) is 13.5. The van der Waals surface area contributed by atoms with Crippen molar-refractivity contribution in [2.75, 3.05) is 0 Å². The van der Waals surface area contributed by atoms with E-state index in [9.17, 15) is 75.0 Å². The maximum atomic E-state index is 13.0. The third-order valence-electron chi connectivity index (χ3n) is 2.12. The van der Waals surface area contributed by atoms with Crippen LogP contribution < -0.4 is 0 Å². The third kappa shape index (κ3) is 8.95. The summed E-state index contributed by atoms with van der Waals surface area (Å²) in [7, 11) is 0. The SMILES string of the molecule is O=C(O)C(F)(F)C(F)OC(F)(F)C(F)(F)OC(F)(F)OC(F)(F)OC(F)(F)OC(F)(F)F. The van der Waals surface area contributed by atoms with Crippen molar-refractivity contribution < 1.29 is 104 Å². The molecule has 0 bridgehead atoms. The van der Waals surface area contributed by atoms with E-state index < -0.39 is 55.7 Å². The summed E-state index contributed by atoms with van der Waals surface area (Å²) in [6, 6.07) is 0. The van der Waals surface area contributed by atoms with E-state index in [-0.39, 0.29) is 0 Å². The van der Waals surface area contributed by atoms with Crippen molar-refractivity contribution in [3.63, 3.8) is 0 Å². The van der Waals surface area contributed by atoms with Gasteiger partial charge < -0.3 is 5.11 Å². The fourth-order valence-electron chi connectivity index (χ4n) is 1.05. The lowest BCUT2D eigenvalue weighted by Gasteiger charge is -2.31. The van der Waals surface area contributed by atoms with E-state index in [2.05, 4.69) is 0 Å². The van der Waals surface area contributed by atoms with Crippen LogP contribution in [0.2, 0.25) is 0 Å². The minimum Gasteiger partial charge on any atom is -0.477 e. The molecule has 0 aromatic carbocycles. The molecule has 0 heterocycles. The molecule has 0 fully saturated rings. The lowest BCUT2D eigenvalue weighted by molar-refractivity contribution is -0.619. The van der Waals surface area contributed by atoms with Gasteiger partial charge in [0.05, 0.1) is 0 Å². The van der Waals surface area contributed by atoms with Gasteiger partial charge in [-0.3, -0.25) is 4.74 Å². The number of halogens is 16. The number of hydrogen-bond donors (Lipinski definition) is 1. The number of aliphatic carboxylic acids is 1. The molecule has 1 unspecified atom stereocenters. The lowest BCUT2D eigenvalue weighted by atomic mass is 10.3. The van der Waals surface area contributed by atoms with Crippen molar-refractivity contribution in [1.29, 1.82) is 0 Å². The van der Waals surface area contributed by atoms with Gasteiger partial charge in [0.2, 0.25) is 0 Å². The molecule has 0 aromatic heterocycles. The molecule has 0 saturated carbocycles. The van der Waals surface area contributed by atoms with Gasteiger partial charge in [0, 0.05) is 0 Å². The van der Waals surface area contributed by atoms with Gasteiger partial charge in [0.25, 0.3) is 6.36 Å². The molecule has 0 amide bonds. The van der Waals surface area contributed by atoms with Crippen molar-refractivity contribution in [1.82, 2.24) is 0 Å². The molecule has 0 saturated heterocycles. The highest BCUT2D eigenvalue weighted by Gasteiger charge is 2.69. The van der Waals surface area contributed by atoms with Crippen molar-refractivity contribution in [3.05, 3.63) is 0 Å². The summed E-state index contributed by atoms with van der Waals surface area (Å²) in [5.41, 5.74) is 0. The zero-order chi connectivity index (χ0) is 26.2. The van der Waals surface area contributed by atoms with Gasteiger partial charge in [-0.1, -0.05) is 0 Å². The molecule has 0 aliphatic carbocycles. The highest BCUT2D eigenvalue weighted by molar-refractivity contribution is 5.75. The van der Waals surface area contributed by atoms with Crippen LogP contribution in [0.4, 0.5) is 70.2 Å². The lowest BCUT2D eigenvalue weighted by Crippen LogP contribution is -2.54. The Bertz CT molecular complexity index is 661. The quantitative estimate of drug-likeness (QED) is 0.298. The molecule has 0 aliphatic heterocycles. The van der Waals surface area contributed by atoms with E-state index in [4.69, 9.17) is 5.11 Å². The molecule has 23 heteroatoms. The Hall–Kier alpha value is -1.85. The van der Waals surface area contributed by atoms with E-state index in [1.807, 2.05) is 4.74 Å². The Morgan fingerprint density at radius 2 is 0.938 bits per heavy atom. The maximum Gasteiger partial charge on any atom is 0.529 e. The van der Waals surface area contributed by atoms with Gasteiger partial charge >= 0.3 is 49.4 Å². The number of rotatable bonds is 12. The number of alkyl halides is 16. The average molecular weight is 526 g/mol. The van der Waals surface area contributed by atoms with Crippen LogP contribution in [0, 0.1) is 0 Å². The Morgan fingerprint density at radius 1 is 0.594 bits per heavy atom. The smallest absolute Gasteiger partial charge is 0.477 e. The Balaban J connectivity index is 5.46. The fourth-order valence-corrected chi connectivity index (χ4v) is 1.05. The molecular formula is C9H2F16O7. The molecule has 0 spiro atoms. The van der Waals surface area contributed by atoms with Gasteiger partial charge in [-0.05, 0) is 0 Å². The highest BCUT2D eigenvalue weighted by atomic mass is 19.4. The summed E-state index contributed by atoms with van der Waals surface area (Å²) in [4.78, 5) is 9.87.